The first kappa shape index (κ1) is 18.9. The molecule has 4 rings (SSSR count). The first-order valence-electron chi connectivity index (χ1n) is 9.09. The van der Waals surface area contributed by atoms with Crippen molar-refractivity contribution in [2.24, 2.45) is 4.99 Å². The molecular formula is C22H19N3O3S. The average molecular weight is 405 g/mol. The third-order valence-electron chi connectivity index (χ3n) is 4.76. The van der Waals surface area contributed by atoms with Crippen LogP contribution in [0.3, 0.4) is 0 Å². The summed E-state index contributed by atoms with van der Waals surface area (Å²) in [5, 5.41) is 13.4. The normalized spacial score (nSPS) is 14.0. The zero-order valence-corrected chi connectivity index (χ0v) is 16.8. The standard InChI is InChI=1S/C22H19N3O3S/c1-13-7-3-5-9-17(13)24-20(26)12-25-21(27)19(29-22(25)28)11-16-14(2)23-18-10-6-4-8-15(16)18/h3-11,27H,12H2,1-2H3,(H,24,26). The lowest BCUT2D eigenvalue weighted by Gasteiger charge is -2.08. The van der Waals surface area contributed by atoms with Gasteiger partial charge in [-0.05, 0) is 37.6 Å². The number of nitrogens with zero attached hydrogens (tertiary/aromatic N) is 2. The van der Waals surface area contributed by atoms with Crippen molar-refractivity contribution >= 4 is 46.0 Å². The first-order chi connectivity index (χ1) is 13.9. The van der Waals surface area contributed by atoms with Gasteiger partial charge in [-0.15, -0.1) is 0 Å². The minimum absolute atomic E-state index is 0.218. The molecule has 6 nitrogen and oxygen atoms in total. The second-order valence-corrected chi connectivity index (χ2v) is 7.77. The minimum Gasteiger partial charge on any atom is -0.493 e. The highest BCUT2D eigenvalue weighted by atomic mass is 32.1. The molecule has 0 unspecified atom stereocenters. The van der Waals surface area contributed by atoms with Gasteiger partial charge in [-0.1, -0.05) is 47.7 Å². The maximum atomic E-state index is 12.4. The summed E-state index contributed by atoms with van der Waals surface area (Å²) in [5.74, 6) is -0.595. The van der Waals surface area contributed by atoms with E-state index in [1.165, 1.54) is 0 Å². The molecule has 0 spiro atoms. The number of aliphatic imine (C=N–C) groups is 1. The van der Waals surface area contributed by atoms with Gasteiger partial charge in [-0.2, -0.15) is 0 Å². The lowest BCUT2D eigenvalue weighted by Crippen LogP contribution is -2.24. The van der Waals surface area contributed by atoms with Crippen LogP contribution in [0.25, 0.3) is 11.6 Å². The van der Waals surface area contributed by atoms with E-state index in [2.05, 4.69) is 10.3 Å². The number of hydrogen-bond acceptors (Lipinski definition) is 5. The Morgan fingerprint density at radius 1 is 1.17 bits per heavy atom. The van der Waals surface area contributed by atoms with Gasteiger partial charge in [-0.25, -0.2) is 0 Å². The number of hydrogen-bond donors (Lipinski definition) is 2. The van der Waals surface area contributed by atoms with E-state index in [1.807, 2.05) is 56.3 Å². The number of aromatic nitrogens is 1. The van der Waals surface area contributed by atoms with Crippen molar-refractivity contribution in [2.75, 3.05) is 5.32 Å². The van der Waals surface area contributed by atoms with Crippen molar-refractivity contribution in [1.82, 2.24) is 4.57 Å². The smallest absolute Gasteiger partial charge is 0.311 e. The van der Waals surface area contributed by atoms with Gasteiger partial charge in [0.2, 0.25) is 11.8 Å². The number of anilines is 1. The third kappa shape index (κ3) is 3.64. The van der Waals surface area contributed by atoms with Crippen LogP contribution in [0.2, 0.25) is 0 Å². The molecule has 0 saturated carbocycles. The van der Waals surface area contributed by atoms with Crippen LogP contribution in [0.5, 0.6) is 5.88 Å². The zero-order valence-electron chi connectivity index (χ0n) is 16.0. The number of carbonyl (C=O) groups excluding carboxylic acids is 1. The highest BCUT2D eigenvalue weighted by Gasteiger charge is 2.20. The van der Waals surface area contributed by atoms with E-state index in [0.29, 0.717) is 10.6 Å². The van der Waals surface area contributed by atoms with Crippen LogP contribution in [-0.4, -0.2) is 21.3 Å². The Balaban J connectivity index is 1.61. The summed E-state index contributed by atoms with van der Waals surface area (Å²) in [7, 11) is 0. The zero-order chi connectivity index (χ0) is 20.5. The van der Waals surface area contributed by atoms with Crippen LogP contribution in [0.1, 0.15) is 22.9 Å². The first-order valence-corrected chi connectivity index (χ1v) is 9.90. The molecule has 2 N–H and O–H groups in total. The SMILES string of the molecule is CC1=Nc2ccccc2C1=Cc1sc(=O)n(CC(=O)Nc2ccccc2C)c1O. The Morgan fingerprint density at radius 3 is 2.69 bits per heavy atom. The Morgan fingerprint density at radius 2 is 1.90 bits per heavy atom. The predicted octanol–water partition coefficient (Wildman–Crippen LogP) is 4.21. The lowest BCUT2D eigenvalue weighted by atomic mass is 10.0. The molecule has 1 aliphatic rings. The number of fused-ring (bicyclic) bond motifs is 1. The molecule has 0 fully saturated rings. The predicted molar refractivity (Wildman–Crippen MR) is 117 cm³/mol. The summed E-state index contributed by atoms with van der Waals surface area (Å²) in [5.41, 5.74) is 5.08. The molecule has 1 aliphatic heterocycles. The Hall–Kier alpha value is -3.45. The van der Waals surface area contributed by atoms with Crippen molar-refractivity contribution < 1.29 is 9.90 Å². The van der Waals surface area contributed by atoms with E-state index in [4.69, 9.17) is 0 Å². The van der Waals surface area contributed by atoms with Crippen molar-refractivity contribution in [3.63, 3.8) is 0 Å². The van der Waals surface area contributed by atoms with E-state index in [0.717, 1.165) is 44.0 Å². The number of benzene rings is 2. The van der Waals surface area contributed by atoms with Gasteiger partial charge in [0.05, 0.1) is 10.6 Å². The van der Waals surface area contributed by atoms with Crippen LogP contribution in [0.4, 0.5) is 11.4 Å². The van der Waals surface area contributed by atoms with E-state index >= 15 is 0 Å². The topological polar surface area (TPSA) is 83.7 Å². The summed E-state index contributed by atoms with van der Waals surface area (Å²) in [6.07, 6.45) is 1.75. The Bertz CT molecular complexity index is 1230. The van der Waals surface area contributed by atoms with E-state index in [1.54, 1.807) is 12.1 Å². The number of aromatic hydroxyl groups is 1. The van der Waals surface area contributed by atoms with Crippen molar-refractivity contribution in [3.05, 3.63) is 74.2 Å². The van der Waals surface area contributed by atoms with Crippen LogP contribution in [0, 0.1) is 6.92 Å². The molecule has 0 atom stereocenters. The maximum Gasteiger partial charge on any atom is 0.311 e. The lowest BCUT2D eigenvalue weighted by molar-refractivity contribution is -0.116. The molecule has 0 aliphatic carbocycles. The number of thiazole rings is 1. The molecular weight excluding hydrogens is 386 g/mol. The van der Waals surface area contributed by atoms with Crippen molar-refractivity contribution in [3.8, 4) is 5.88 Å². The highest BCUT2D eigenvalue weighted by molar-refractivity contribution is 7.10. The molecule has 0 bridgehead atoms. The van der Waals surface area contributed by atoms with Gasteiger partial charge < -0.3 is 10.4 Å². The number of amides is 1. The van der Waals surface area contributed by atoms with Gasteiger partial charge >= 0.3 is 4.87 Å². The van der Waals surface area contributed by atoms with Crippen LogP contribution < -0.4 is 10.2 Å². The molecule has 2 heterocycles. The number of para-hydroxylation sites is 2. The summed E-state index contributed by atoms with van der Waals surface area (Å²) < 4.78 is 1.08. The van der Waals surface area contributed by atoms with Crippen LogP contribution >= 0.6 is 11.3 Å². The quantitative estimate of drug-likeness (QED) is 0.682. The Labute approximate surface area is 171 Å². The fourth-order valence-electron chi connectivity index (χ4n) is 3.24. The Kier molecular flexibility index (Phi) is 4.90. The second-order valence-electron chi connectivity index (χ2n) is 6.78. The summed E-state index contributed by atoms with van der Waals surface area (Å²) >= 11 is 0.902. The molecule has 0 saturated heterocycles. The third-order valence-corrected chi connectivity index (χ3v) is 5.68. The van der Waals surface area contributed by atoms with Gasteiger partial charge in [0.25, 0.3) is 0 Å². The van der Waals surface area contributed by atoms with Crippen molar-refractivity contribution in [1.29, 1.82) is 0 Å². The molecule has 1 amide bonds. The number of carbonyl (C=O) groups is 1. The summed E-state index contributed by atoms with van der Waals surface area (Å²) in [6, 6.07) is 15.1. The fraction of sp³-hybridized carbons (Fsp3) is 0.136. The van der Waals surface area contributed by atoms with Gasteiger partial charge in [0, 0.05) is 22.5 Å². The molecule has 29 heavy (non-hydrogen) atoms. The molecule has 0 radical (unpaired) electrons. The monoisotopic (exact) mass is 405 g/mol. The van der Waals surface area contributed by atoms with Crippen LogP contribution in [0.15, 0.2) is 58.3 Å². The molecule has 7 heteroatoms. The van der Waals surface area contributed by atoms with E-state index in [-0.39, 0.29) is 18.3 Å². The van der Waals surface area contributed by atoms with Crippen molar-refractivity contribution in [2.45, 2.75) is 20.4 Å². The molecule has 146 valence electrons. The number of nitrogens with one attached hydrogen (secondary N) is 1. The summed E-state index contributed by atoms with van der Waals surface area (Å²) in [4.78, 5) is 29.3. The molecule has 2 aromatic carbocycles. The van der Waals surface area contributed by atoms with Gasteiger partial charge in [0.15, 0.2) is 0 Å². The number of rotatable bonds is 4. The van der Waals surface area contributed by atoms with E-state index in [9.17, 15) is 14.7 Å². The number of aryl methyl sites for hydroxylation is 1. The van der Waals surface area contributed by atoms with E-state index < -0.39 is 4.87 Å². The second kappa shape index (κ2) is 7.52. The van der Waals surface area contributed by atoms with Crippen LogP contribution in [-0.2, 0) is 11.3 Å². The minimum atomic E-state index is -0.393. The molecule has 3 aromatic rings. The maximum absolute atomic E-state index is 12.4. The van der Waals surface area contributed by atoms with Gasteiger partial charge in [-0.3, -0.25) is 19.1 Å². The largest absolute Gasteiger partial charge is 0.493 e. The highest BCUT2D eigenvalue weighted by Crippen LogP contribution is 2.37. The average Bonchev–Trinajstić information content (AvgIpc) is 3.15. The van der Waals surface area contributed by atoms with Gasteiger partial charge in [0.1, 0.15) is 6.54 Å². The number of allylic oxidation sites excluding steroid dienone is 1. The fourth-order valence-corrected chi connectivity index (χ4v) is 4.07. The summed E-state index contributed by atoms with van der Waals surface area (Å²) in [6.45, 7) is 3.51. The molecule has 1 aromatic heterocycles.